The normalized spacial score (nSPS) is 12.0. The standard InChI is InChI=1S/C46H28N2OS/c1-2-14-30(15-3-1)47-35-19-8-6-17-32(35)43-36(47)20-10-21-37(43)48(38-22-11-25-41-44(38)33-18-7-9-24-40(33)49-41)39-23-12-26-42-45(39)34-28-27-29-13-4-5-16-31(29)46(34)50-42/h1-28H. The first-order valence-corrected chi connectivity index (χ1v) is 17.8. The number of thiophene rings is 1. The van der Waals surface area contributed by atoms with Crippen molar-refractivity contribution in [1.82, 2.24) is 4.57 Å². The summed E-state index contributed by atoms with van der Waals surface area (Å²) >= 11 is 1.88. The quantitative estimate of drug-likeness (QED) is 0.188. The van der Waals surface area contributed by atoms with Gasteiger partial charge in [0.15, 0.2) is 0 Å². The van der Waals surface area contributed by atoms with Crippen LogP contribution in [0.2, 0.25) is 0 Å². The summed E-state index contributed by atoms with van der Waals surface area (Å²) in [7, 11) is 0. The molecule has 0 aliphatic carbocycles. The Morgan fingerprint density at radius 2 is 1.06 bits per heavy atom. The number of anilines is 3. The largest absolute Gasteiger partial charge is 0.456 e. The predicted octanol–water partition coefficient (Wildman–Crippen LogP) is 13.7. The first kappa shape index (κ1) is 27.6. The Labute approximate surface area is 291 Å². The summed E-state index contributed by atoms with van der Waals surface area (Å²) in [6.45, 7) is 0. The van der Waals surface area contributed by atoms with Crippen LogP contribution in [-0.2, 0) is 0 Å². The summed E-state index contributed by atoms with van der Waals surface area (Å²) in [6.07, 6.45) is 0. The molecule has 3 nitrogen and oxygen atoms in total. The first-order chi connectivity index (χ1) is 24.8. The second kappa shape index (κ2) is 10.6. The minimum atomic E-state index is 0.876. The van der Waals surface area contributed by atoms with Crippen molar-refractivity contribution >= 4 is 103 Å². The number of hydrogen-bond donors (Lipinski definition) is 0. The molecular weight excluding hydrogens is 629 g/mol. The van der Waals surface area contributed by atoms with Crippen LogP contribution in [0.15, 0.2) is 174 Å². The molecule has 0 unspecified atom stereocenters. The molecule has 0 bridgehead atoms. The molecule has 11 aromatic rings. The molecule has 50 heavy (non-hydrogen) atoms. The van der Waals surface area contributed by atoms with E-state index in [2.05, 4.69) is 173 Å². The van der Waals surface area contributed by atoms with Crippen LogP contribution in [-0.4, -0.2) is 4.57 Å². The van der Waals surface area contributed by atoms with Crippen LogP contribution in [0.3, 0.4) is 0 Å². The van der Waals surface area contributed by atoms with Crippen LogP contribution < -0.4 is 4.90 Å². The molecule has 0 aliphatic rings. The Morgan fingerprint density at radius 1 is 0.420 bits per heavy atom. The number of furan rings is 1. The van der Waals surface area contributed by atoms with Gasteiger partial charge in [0.25, 0.3) is 0 Å². The zero-order valence-corrected chi connectivity index (χ0v) is 27.7. The average molecular weight is 657 g/mol. The number of hydrogen-bond acceptors (Lipinski definition) is 3. The molecule has 3 aromatic heterocycles. The lowest BCUT2D eigenvalue weighted by Crippen LogP contribution is -2.11. The maximum absolute atomic E-state index is 6.50. The molecule has 0 fully saturated rings. The molecule has 234 valence electrons. The van der Waals surface area contributed by atoms with E-state index in [1.807, 2.05) is 17.4 Å². The Hall–Kier alpha value is -6.36. The minimum Gasteiger partial charge on any atom is -0.456 e. The van der Waals surface area contributed by atoms with Gasteiger partial charge >= 0.3 is 0 Å². The van der Waals surface area contributed by atoms with Crippen molar-refractivity contribution < 1.29 is 4.42 Å². The van der Waals surface area contributed by atoms with Crippen molar-refractivity contribution in [2.45, 2.75) is 0 Å². The van der Waals surface area contributed by atoms with Gasteiger partial charge in [-0.25, -0.2) is 0 Å². The zero-order chi connectivity index (χ0) is 32.8. The maximum Gasteiger partial charge on any atom is 0.137 e. The molecule has 0 amide bonds. The van der Waals surface area contributed by atoms with Gasteiger partial charge in [-0.1, -0.05) is 109 Å². The molecule has 4 heteroatoms. The third kappa shape index (κ3) is 3.85. The highest BCUT2D eigenvalue weighted by Crippen LogP contribution is 2.51. The summed E-state index contributed by atoms with van der Waals surface area (Å²) < 4.78 is 11.5. The van der Waals surface area contributed by atoms with Gasteiger partial charge in [0.1, 0.15) is 11.2 Å². The molecule has 8 aromatic carbocycles. The highest BCUT2D eigenvalue weighted by molar-refractivity contribution is 7.26. The second-order valence-electron chi connectivity index (χ2n) is 12.9. The van der Waals surface area contributed by atoms with E-state index < -0.39 is 0 Å². The second-order valence-corrected chi connectivity index (χ2v) is 13.9. The van der Waals surface area contributed by atoms with E-state index in [-0.39, 0.29) is 0 Å². The molecule has 0 radical (unpaired) electrons. The fourth-order valence-corrected chi connectivity index (χ4v) is 9.35. The zero-order valence-electron chi connectivity index (χ0n) is 26.9. The van der Waals surface area contributed by atoms with Crippen LogP contribution in [0.4, 0.5) is 17.1 Å². The number of nitrogens with zero attached hydrogens (tertiary/aromatic N) is 2. The SMILES string of the molecule is c1ccc(-n2c3ccccc3c3c(N(c4cccc5oc6ccccc6c45)c4cccc5sc6c7ccccc7ccc6c45)cccc32)cc1. The molecule has 3 heterocycles. The van der Waals surface area contributed by atoms with Crippen molar-refractivity contribution in [3.8, 4) is 5.69 Å². The van der Waals surface area contributed by atoms with Gasteiger partial charge in [0, 0.05) is 42.0 Å². The summed E-state index contributed by atoms with van der Waals surface area (Å²) in [6, 6.07) is 61.2. The third-order valence-corrected chi connectivity index (χ3v) is 11.4. The molecular formula is C46H28N2OS. The lowest BCUT2D eigenvalue weighted by molar-refractivity contribution is 0.669. The summed E-state index contributed by atoms with van der Waals surface area (Å²) in [5.41, 5.74) is 8.61. The smallest absolute Gasteiger partial charge is 0.137 e. The average Bonchev–Trinajstić information content (AvgIpc) is 3.86. The van der Waals surface area contributed by atoms with Gasteiger partial charge in [-0.3, -0.25) is 0 Å². The monoisotopic (exact) mass is 656 g/mol. The first-order valence-electron chi connectivity index (χ1n) is 16.9. The molecule has 0 N–H and O–H groups in total. The van der Waals surface area contributed by atoms with Gasteiger partial charge in [-0.05, 0) is 71.4 Å². The van der Waals surface area contributed by atoms with Crippen LogP contribution >= 0.6 is 11.3 Å². The summed E-state index contributed by atoms with van der Waals surface area (Å²) in [5, 5.41) is 9.71. The molecule has 0 aliphatic heterocycles. The van der Waals surface area contributed by atoms with Gasteiger partial charge in [-0.2, -0.15) is 0 Å². The van der Waals surface area contributed by atoms with E-state index in [1.165, 1.54) is 47.2 Å². The summed E-state index contributed by atoms with van der Waals surface area (Å²) in [4.78, 5) is 2.50. The number of aromatic nitrogens is 1. The van der Waals surface area contributed by atoms with Crippen molar-refractivity contribution in [2.75, 3.05) is 4.90 Å². The van der Waals surface area contributed by atoms with Gasteiger partial charge < -0.3 is 13.9 Å². The highest BCUT2D eigenvalue weighted by Gasteiger charge is 2.26. The van der Waals surface area contributed by atoms with Crippen molar-refractivity contribution in [3.63, 3.8) is 0 Å². The molecule has 11 rings (SSSR count). The minimum absolute atomic E-state index is 0.876. The molecule has 0 atom stereocenters. The number of fused-ring (bicyclic) bond motifs is 11. The van der Waals surface area contributed by atoms with Gasteiger partial charge in [-0.15, -0.1) is 11.3 Å². The van der Waals surface area contributed by atoms with Crippen LogP contribution in [0.5, 0.6) is 0 Å². The van der Waals surface area contributed by atoms with E-state index in [4.69, 9.17) is 4.42 Å². The number of para-hydroxylation sites is 3. The Kier molecular flexibility index (Phi) is 5.83. The molecule has 0 saturated carbocycles. The van der Waals surface area contributed by atoms with Crippen LogP contribution in [0.1, 0.15) is 0 Å². The van der Waals surface area contributed by atoms with Crippen LogP contribution in [0, 0.1) is 0 Å². The molecule has 0 spiro atoms. The predicted molar refractivity (Wildman–Crippen MR) is 213 cm³/mol. The lowest BCUT2D eigenvalue weighted by Gasteiger charge is -2.28. The number of rotatable bonds is 4. The van der Waals surface area contributed by atoms with E-state index in [9.17, 15) is 0 Å². The van der Waals surface area contributed by atoms with Crippen molar-refractivity contribution in [1.29, 1.82) is 0 Å². The fraction of sp³-hybridized carbons (Fsp3) is 0. The Bertz CT molecular complexity index is 3110. The van der Waals surface area contributed by atoms with Crippen LogP contribution in [0.25, 0.3) is 80.4 Å². The fourth-order valence-electron chi connectivity index (χ4n) is 8.09. The Balaban J connectivity index is 1.32. The maximum atomic E-state index is 6.50. The summed E-state index contributed by atoms with van der Waals surface area (Å²) in [5.74, 6) is 0. The van der Waals surface area contributed by atoms with Gasteiger partial charge in [0.2, 0.25) is 0 Å². The van der Waals surface area contributed by atoms with Crippen molar-refractivity contribution in [3.05, 3.63) is 170 Å². The van der Waals surface area contributed by atoms with Gasteiger partial charge in [0.05, 0.1) is 33.5 Å². The lowest BCUT2D eigenvalue weighted by atomic mass is 10.0. The Morgan fingerprint density at radius 3 is 1.94 bits per heavy atom. The van der Waals surface area contributed by atoms with E-state index in [0.29, 0.717) is 0 Å². The van der Waals surface area contributed by atoms with E-state index >= 15 is 0 Å². The third-order valence-electron chi connectivity index (χ3n) is 10.2. The van der Waals surface area contributed by atoms with Crippen molar-refractivity contribution in [2.24, 2.45) is 0 Å². The highest BCUT2D eigenvalue weighted by atomic mass is 32.1. The number of benzene rings is 8. The topological polar surface area (TPSA) is 21.3 Å². The molecule has 0 saturated heterocycles. The van der Waals surface area contributed by atoms with E-state index in [0.717, 1.165) is 50.2 Å². The van der Waals surface area contributed by atoms with E-state index in [1.54, 1.807) is 0 Å².